The number of aryl methyl sites for hydroxylation is 3. The fourth-order valence-corrected chi connectivity index (χ4v) is 4.04. The number of aromatic nitrogens is 1. The van der Waals surface area contributed by atoms with Gasteiger partial charge in [0.05, 0.1) is 10.2 Å². The van der Waals surface area contributed by atoms with Gasteiger partial charge in [-0.15, -0.1) is 0 Å². The SMILES string of the molecule is Cc1cccc(C(=O)N(CCN(C)C)c2nc3cc(C)cc(C)c3s2)c1. The Morgan fingerprint density at radius 1 is 1.04 bits per heavy atom. The topological polar surface area (TPSA) is 36.4 Å². The van der Waals surface area contributed by atoms with Gasteiger partial charge in [0, 0.05) is 18.7 Å². The van der Waals surface area contributed by atoms with Gasteiger partial charge in [0.15, 0.2) is 5.13 Å². The Hall–Kier alpha value is -2.24. The zero-order valence-electron chi connectivity index (χ0n) is 16.0. The molecule has 0 saturated heterocycles. The van der Waals surface area contributed by atoms with E-state index in [1.165, 1.54) is 11.1 Å². The van der Waals surface area contributed by atoms with Gasteiger partial charge in [-0.05, 0) is 64.2 Å². The van der Waals surface area contributed by atoms with E-state index in [1.54, 1.807) is 11.3 Å². The van der Waals surface area contributed by atoms with E-state index >= 15 is 0 Å². The number of hydrogen-bond acceptors (Lipinski definition) is 4. The molecule has 0 aliphatic heterocycles. The highest BCUT2D eigenvalue weighted by atomic mass is 32.1. The van der Waals surface area contributed by atoms with Crippen molar-refractivity contribution in [2.45, 2.75) is 20.8 Å². The second kappa shape index (κ2) is 7.56. The molecule has 4 nitrogen and oxygen atoms in total. The van der Waals surface area contributed by atoms with E-state index in [2.05, 4.69) is 30.9 Å². The second-order valence-electron chi connectivity index (χ2n) is 7.06. The molecule has 0 saturated carbocycles. The Morgan fingerprint density at radius 2 is 1.81 bits per heavy atom. The van der Waals surface area contributed by atoms with Crippen LogP contribution in [0.3, 0.4) is 0 Å². The second-order valence-corrected chi connectivity index (χ2v) is 8.03. The third-order valence-electron chi connectivity index (χ3n) is 4.32. The molecule has 0 bridgehead atoms. The van der Waals surface area contributed by atoms with Gasteiger partial charge in [-0.25, -0.2) is 4.98 Å². The van der Waals surface area contributed by atoms with Crippen molar-refractivity contribution in [3.05, 3.63) is 58.7 Å². The summed E-state index contributed by atoms with van der Waals surface area (Å²) >= 11 is 1.60. The first-order valence-electron chi connectivity index (χ1n) is 8.76. The highest BCUT2D eigenvalue weighted by Gasteiger charge is 2.22. The van der Waals surface area contributed by atoms with Crippen molar-refractivity contribution in [2.24, 2.45) is 0 Å². The summed E-state index contributed by atoms with van der Waals surface area (Å²) in [7, 11) is 4.03. The van der Waals surface area contributed by atoms with E-state index in [0.717, 1.165) is 27.5 Å². The molecule has 1 amide bonds. The molecule has 2 aromatic carbocycles. The standard InChI is InChI=1S/C21H25N3OS/c1-14-7-6-8-17(12-14)20(25)24(10-9-23(4)5)21-22-18-13-15(2)11-16(3)19(18)26-21/h6-8,11-13H,9-10H2,1-5H3. The van der Waals surface area contributed by atoms with Gasteiger partial charge in [0.2, 0.25) is 0 Å². The maximum Gasteiger partial charge on any atom is 0.260 e. The quantitative estimate of drug-likeness (QED) is 0.669. The van der Waals surface area contributed by atoms with Gasteiger partial charge in [-0.2, -0.15) is 0 Å². The number of benzene rings is 2. The number of anilines is 1. The van der Waals surface area contributed by atoms with Crippen molar-refractivity contribution in [2.75, 3.05) is 32.1 Å². The highest BCUT2D eigenvalue weighted by molar-refractivity contribution is 7.22. The van der Waals surface area contributed by atoms with Crippen LogP contribution in [0, 0.1) is 20.8 Å². The van der Waals surface area contributed by atoms with Crippen LogP contribution in [0.25, 0.3) is 10.2 Å². The lowest BCUT2D eigenvalue weighted by atomic mass is 10.1. The number of nitrogens with zero attached hydrogens (tertiary/aromatic N) is 3. The average molecular weight is 368 g/mol. The number of thiazole rings is 1. The van der Waals surface area contributed by atoms with Crippen molar-refractivity contribution < 1.29 is 4.79 Å². The third kappa shape index (κ3) is 3.94. The molecule has 1 aromatic heterocycles. The van der Waals surface area contributed by atoms with E-state index in [1.807, 2.05) is 50.2 Å². The Bertz CT molecular complexity index is 946. The minimum absolute atomic E-state index is 0.00369. The smallest absolute Gasteiger partial charge is 0.260 e. The number of carbonyl (C=O) groups is 1. The molecule has 26 heavy (non-hydrogen) atoms. The minimum atomic E-state index is 0.00369. The summed E-state index contributed by atoms with van der Waals surface area (Å²) < 4.78 is 1.15. The monoisotopic (exact) mass is 367 g/mol. The number of hydrogen-bond donors (Lipinski definition) is 0. The van der Waals surface area contributed by atoms with E-state index in [-0.39, 0.29) is 5.91 Å². The number of rotatable bonds is 5. The molecule has 0 aliphatic rings. The summed E-state index contributed by atoms with van der Waals surface area (Å²) in [5.74, 6) is 0.00369. The summed E-state index contributed by atoms with van der Waals surface area (Å²) in [5.41, 5.74) is 5.15. The van der Waals surface area contributed by atoms with Crippen LogP contribution < -0.4 is 4.90 Å². The lowest BCUT2D eigenvalue weighted by molar-refractivity contribution is 0.0985. The Labute approximate surface area is 159 Å². The van der Waals surface area contributed by atoms with Crippen molar-refractivity contribution in [1.29, 1.82) is 0 Å². The molecular weight excluding hydrogens is 342 g/mol. The molecule has 0 radical (unpaired) electrons. The van der Waals surface area contributed by atoms with E-state index in [4.69, 9.17) is 4.98 Å². The molecule has 3 rings (SSSR count). The molecule has 0 atom stereocenters. The van der Waals surface area contributed by atoms with Gasteiger partial charge >= 0.3 is 0 Å². The van der Waals surface area contributed by atoms with Crippen LogP contribution in [0.2, 0.25) is 0 Å². The van der Waals surface area contributed by atoms with E-state index in [9.17, 15) is 4.79 Å². The van der Waals surface area contributed by atoms with Crippen LogP contribution in [-0.2, 0) is 0 Å². The number of amides is 1. The Balaban J connectivity index is 2.03. The fraction of sp³-hybridized carbons (Fsp3) is 0.333. The fourth-order valence-electron chi connectivity index (χ4n) is 3.00. The zero-order chi connectivity index (χ0) is 18.8. The van der Waals surface area contributed by atoms with Crippen LogP contribution in [0.5, 0.6) is 0 Å². The van der Waals surface area contributed by atoms with Gasteiger partial charge < -0.3 is 4.90 Å². The van der Waals surface area contributed by atoms with Gasteiger partial charge in [0.1, 0.15) is 0 Å². The maximum atomic E-state index is 13.2. The first kappa shape index (κ1) is 18.5. The molecule has 1 heterocycles. The van der Waals surface area contributed by atoms with Gasteiger partial charge in [-0.3, -0.25) is 9.69 Å². The lowest BCUT2D eigenvalue weighted by Gasteiger charge is -2.22. The molecule has 0 N–H and O–H groups in total. The predicted molar refractivity (Wildman–Crippen MR) is 111 cm³/mol. The molecule has 3 aromatic rings. The molecular formula is C21H25N3OS. The molecule has 0 unspecified atom stereocenters. The molecule has 0 aliphatic carbocycles. The molecule has 0 fully saturated rings. The largest absolute Gasteiger partial charge is 0.308 e. The first-order chi connectivity index (χ1) is 12.3. The highest BCUT2D eigenvalue weighted by Crippen LogP contribution is 2.32. The molecule has 136 valence electrons. The molecule has 5 heteroatoms. The van der Waals surface area contributed by atoms with E-state index < -0.39 is 0 Å². The van der Waals surface area contributed by atoms with Crippen LogP contribution in [0.1, 0.15) is 27.0 Å². The zero-order valence-corrected chi connectivity index (χ0v) is 16.9. The number of likely N-dealkylation sites (N-methyl/N-ethyl adjacent to an activating group) is 1. The van der Waals surface area contributed by atoms with Gasteiger partial charge in [-0.1, -0.05) is 35.1 Å². The maximum absolute atomic E-state index is 13.2. The summed E-state index contributed by atoms with van der Waals surface area (Å²) in [6.07, 6.45) is 0. The minimum Gasteiger partial charge on any atom is -0.308 e. The first-order valence-corrected chi connectivity index (χ1v) is 9.58. The lowest BCUT2D eigenvalue weighted by Crippen LogP contribution is -2.36. The third-order valence-corrected chi connectivity index (χ3v) is 5.55. The summed E-state index contributed by atoms with van der Waals surface area (Å²) in [6, 6.07) is 12.0. The van der Waals surface area contributed by atoms with Crippen LogP contribution in [-0.4, -0.2) is 43.0 Å². The summed E-state index contributed by atoms with van der Waals surface area (Å²) in [5, 5.41) is 0.766. The van der Waals surface area contributed by atoms with Crippen molar-refractivity contribution >= 4 is 32.6 Å². The normalized spacial score (nSPS) is 11.3. The number of carbonyl (C=O) groups excluding carboxylic acids is 1. The van der Waals surface area contributed by atoms with Crippen LogP contribution >= 0.6 is 11.3 Å². The van der Waals surface area contributed by atoms with E-state index in [0.29, 0.717) is 12.1 Å². The van der Waals surface area contributed by atoms with Crippen molar-refractivity contribution in [1.82, 2.24) is 9.88 Å². The van der Waals surface area contributed by atoms with Crippen LogP contribution in [0.15, 0.2) is 36.4 Å². The Kier molecular flexibility index (Phi) is 5.39. The summed E-state index contributed by atoms with van der Waals surface area (Å²) in [4.78, 5) is 21.9. The average Bonchev–Trinajstić information content (AvgIpc) is 2.98. The van der Waals surface area contributed by atoms with Crippen molar-refractivity contribution in [3.8, 4) is 0 Å². The van der Waals surface area contributed by atoms with Crippen molar-refractivity contribution in [3.63, 3.8) is 0 Å². The molecule has 0 spiro atoms. The Morgan fingerprint density at radius 3 is 2.50 bits per heavy atom. The van der Waals surface area contributed by atoms with Crippen LogP contribution in [0.4, 0.5) is 5.13 Å². The summed E-state index contributed by atoms with van der Waals surface area (Å²) in [6.45, 7) is 7.57. The predicted octanol–water partition coefficient (Wildman–Crippen LogP) is 4.43. The number of fused-ring (bicyclic) bond motifs is 1. The van der Waals surface area contributed by atoms with Gasteiger partial charge in [0.25, 0.3) is 5.91 Å².